The minimum absolute atomic E-state index is 0. The Balaban J connectivity index is 0.000000193. The Labute approximate surface area is 599 Å². The van der Waals surface area contributed by atoms with Crippen molar-refractivity contribution in [3.05, 3.63) is 187 Å². The number of nitrogens with zero attached hydrogens (tertiary/aromatic N) is 17. The topological polar surface area (TPSA) is 341 Å². The van der Waals surface area contributed by atoms with Gasteiger partial charge in [0.15, 0.2) is 27.0 Å². The van der Waals surface area contributed by atoms with Crippen LogP contribution in [0.3, 0.4) is 0 Å². The summed E-state index contributed by atoms with van der Waals surface area (Å²) in [6, 6.07) is 29.8. The van der Waals surface area contributed by atoms with E-state index < -0.39 is 37.4 Å². The summed E-state index contributed by atoms with van der Waals surface area (Å²) in [6.45, 7) is 41.0. The predicted molar refractivity (Wildman–Crippen MR) is 362 cm³/mol. The first-order valence-corrected chi connectivity index (χ1v) is 34.2. The fourth-order valence-corrected chi connectivity index (χ4v) is 13.5. The number of halogens is 4. The summed E-state index contributed by atoms with van der Waals surface area (Å²) in [6.07, 6.45) is 8.88. The number of azo groups is 2. The zero-order valence-electron chi connectivity index (χ0n) is 57.1. The molecule has 26 nitrogen and oxygen atoms in total. The van der Waals surface area contributed by atoms with Crippen LogP contribution < -0.4 is 53.2 Å². The molecule has 0 amide bonds. The molecule has 102 heavy (non-hydrogen) atoms. The Kier molecular flexibility index (Phi) is 23.3. The summed E-state index contributed by atoms with van der Waals surface area (Å²) in [5.41, 5.74) is 5.31. The fraction of sp³-hybridized carbons (Fsp3) is 0.329. The van der Waals surface area contributed by atoms with Gasteiger partial charge in [-0.15, -0.1) is 26.5 Å². The van der Waals surface area contributed by atoms with Crippen LogP contribution in [-0.2, 0) is 40.6 Å². The van der Waals surface area contributed by atoms with Gasteiger partial charge in [0.25, 0.3) is 11.6 Å². The van der Waals surface area contributed by atoms with Crippen molar-refractivity contribution < 1.29 is 81.6 Å². The molecule has 0 bridgehead atoms. The molecule has 1 N–H and O–H groups in total. The van der Waals surface area contributed by atoms with Crippen molar-refractivity contribution in [2.45, 2.75) is 97.7 Å². The number of aromatic nitrogens is 4. The molecule has 0 aliphatic carbocycles. The van der Waals surface area contributed by atoms with E-state index in [4.69, 9.17) is 47.0 Å². The maximum atomic E-state index is 12.9. The van der Waals surface area contributed by atoms with Crippen molar-refractivity contribution in [3.8, 4) is 23.6 Å². The molecule has 7 aromatic rings. The third kappa shape index (κ3) is 16.5. The Hall–Kier alpha value is -10.5. The van der Waals surface area contributed by atoms with E-state index in [9.17, 15) is 31.5 Å². The summed E-state index contributed by atoms with van der Waals surface area (Å²) >= 11 is 0. The van der Waals surface area contributed by atoms with E-state index in [-0.39, 0.29) is 73.7 Å². The van der Waals surface area contributed by atoms with Gasteiger partial charge < -0.3 is 43.5 Å². The monoisotopic (exact) mass is 1470 g/mol. The normalized spacial score (nSPS) is 15.5. The van der Waals surface area contributed by atoms with Gasteiger partial charge in [-0.1, -0.05) is 71.4 Å². The van der Waals surface area contributed by atoms with Gasteiger partial charge in [-0.3, -0.25) is 0 Å². The number of fused-ring (bicyclic) bond motifs is 4. The molecule has 2 aromatic heterocycles. The first-order chi connectivity index (χ1) is 47.6. The van der Waals surface area contributed by atoms with Gasteiger partial charge in [0.2, 0.25) is 11.3 Å². The Morgan fingerprint density at radius 2 is 1.35 bits per heavy atom. The molecule has 7 heterocycles. The number of carbonyl (C=O) groups is 1. The smallest absolute Gasteiger partial charge is 0.568 e. The van der Waals surface area contributed by atoms with Crippen molar-refractivity contribution in [2.24, 2.45) is 34.6 Å². The van der Waals surface area contributed by atoms with E-state index >= 15 is 0 Å². The van der Waals surface area contributed by atoms with E-state index in [0.29, 0.717) is 30.0 Å². The molecule has 5 aliphatic rings. The standard InChI is InChI=1S/C36H38N2O3.C17H14F3N8O2S.C17H16N7.ClHO4.Ni/c1-9-37-29-17-31-27(15-25(29)21(3)19-35(37,5)6)33(23-13-11-12-14-24(23)34(39)40)28-16-26-22(4)20-36(7,8)38(10-2)30(26)18-32(28)41-31;1-21-14-15(22-2)27(3)16(23-14)25-24-12-7-6-11(28-8-4-5-9-28)10-13(12)26-31(29,30)17(18,19)20;1-12-9-13(24-7-3-4-8-24)5-6-14(12)21-22-17-20-15(10-18)16(11-19)23(17)2;2-1(3,4)5;/h11-20H,9-10H2,1-8H3;6-7,10H,4-5,8-9H2,3H3;5-6,9H,1,3-4,7-8H2,2H3;(H,2,3,4,5);/q;2*-1;;+2. The van der Waals surface area contributed by atoms with Gasteiger partial charge in [-0.25, -0.2) is 46.1 Å². The molecule has 532 valence electrons. The van der Waals surface area contributed by atoms with Gasteiger partial charge in [0, 0.05) is 98.5 Å². The number of allylic oxidation sites excluding steroid dienone is 2. The number of imidazole rings is 2. The SMILES string of the molecule is CCN1c2cc3c(cc2C(C)=CC1(C)C)C(c1ccccc1C(=O)O)=c1cc2c(cc1O3)=[N+](CC)C(C)(C)C=C2C.[C-]#[N+]c1nc(N=Nc2ccc(N3CCCC3)cc2[N-]S(=O)(=O)C(F)(F)F)n(C)c1[N+]#[C-].[CH2-]c1cc(N2CCCC2)ccc1N=Nc1nc(C#N)c(C#N)n1C.[Ni+2].[O-][Cl+3]([O-])([O-])[O-]. The maximum Gasteiger partial charge on any atom is 2.00 e. The van der Waals surface area contributed by atoms with Crippen LogP contribution >= 0.6 is 0 Å². The second kappa shape index (κ2) is 30.8. The summed E-state index contributed by atoms with van der Waals surface area (Å²) in [7, 11) is -7.71. The number of carboxylic acids is 1. The molecule has 0 radical (unpaired) electrons. The number of aromatic carboxylic acids is 1. The van der Waals surface area contributed by atoms with E-state index in [2.05, 4.69) is 158 Å². The molecule has 5 aliphatic heterocycles. The molecule has 5 aromatic carbocycles. The summed E-state index contributed by atoms with van der Waals surface area (Å²) in [5.74, 6) is 0.333. The Morgan fingerprint density at radius 1 is 0.775 bits per heavy atom. The van der Waals surface area contributed by atoms with Crippen molar-refractivity contribution in [1.82, 2.24) is 23.7 Å². The summed E-state index contributed by atoms with van der Waals surface area (Å²) in [4.78, 5) is 33.2. The van der Waals surface area contributed by atoms with Crippen LogP contribution in [0.15, 0.2) is 118 Å². The van der Waals surface area contributed by atoms with Gasteiger partial charge in [0.1, 0.15) is 30.2 Å². The molecule has 0 unspecified atom stereocenters. The van der Waals surface area contributed by atoms with Crippen molar-refractivity contribution in [1.29, 1.82) is 10.5 Å². The zero-order chi connectivity index (χ0) is 73.8. The number of sulfonamides is 1. The number of alkyl halides is 3. The van der Waals surface area contributed by atoms with Crippen LogP contribution in [0.5, 0.6) is 11.5 Å². The molecule has 0 atom stereocenters. The maximum absolute atomic E-state index is 12.9. The molecular formula is C70H69ClF3N17NiO9S. The zero-order valence-corrected chi connectivity index (χ0v) is 59.6. The quantitative estimate of drug-likeness (QED) is 0.0514. The second-order valence-corrected chi connectivity index (χ2v) is 27.3. The van der Waals surface area contributed by atoms with Gasteiger partial charge in [-0.05, 0) is 132 Å². The van der Waals surface area contributed by atoms with Crippen molar-refractivity contribution in [2.75, 3.05) is 54.0 Å². The molecule has 2 fully saturated rings. The largest absolute Gasteiger partial charge is 2.00 e. The van der Waals surface area contributed by atoms with E-state index in [0.717, 1.165) is 100 Å². The first kappa shape index (κ1) is 77.3. The minimum atomic E-state index is -5.81. The predicted octanol–water partition coefficient (Wildman–Crippen LogP) is 10.5. The second-order valence-electron chi connectivity index (χ2n) is 24.9. The Bertz CT molecular complexity index is 5020. The number of hydrogen-bond donors (Lipinski definition) is 1. The third-order valence-corrected chi connectivity index (χ3v) is 18.5. The van der Waals surface area contributed by atoms with Crippen molar-refractivity contribution in [3.63, 3.8) is 0 Å². The third-order valence-electron chi connectivity index (χ3n) is 17.5. The van der Waals surface area contributed by atoms with E-state index in [1.165, 1.54) is 52.3 Å². The number of benzene rings is 5. The molecule has 2 saturated heterocycles. The number of hydrogen-bond acceptors (Lipinski definition) is 19. The van der Waals surface area contributed by atoms with Crippen LogP contribution in [0.1, 0.15) is 131 Å². The van der Waals surface area contributed by atoms with Crippen LogP contribution in [0, 0.1) is 53.0 Å². The molecule has 12 rings (SSSR count). The number of likely N-dealkylation sites (N-methyl/N-ethyl adjacent to an activating group) is 2. The van der Waals surface area contributed by atoms with Crippen molar-refractivity contribution >= 4 is 90.4 Å². The average molecular weight is 1480 g/mol. The number of anilines is 3. The van der Waals surface area contributed by atoms with Crippen LogP contribution in [0.2, 0.25) is 0 Å². The van der Waals surface area contributed by atoms with Gasteiger partial charge in [-0.2, -0.15) is 41.2 Å². The van der Waals surface area contributed by atoms with Crippen LogP contribution in [0.4, 0.5) is 70.8 Å². The number of ether oxygens (including phenoxy) is 1. The molecule has 32 heteroatoms. The van der Waals surface area contributed by atoms with Gasteiger partial charge >= 0.3 is 33.9 Å². The fourth-order valence-electron chi connectivity index (χ4n) is 13.0. The molecule has 0 saturated carbocycles. The molecular weight excluding hydrogens is 1410 g/mol. The van der Waals surface area contributed by atoms with Crippen LogP contribution in [0.25, 0.3) is 31.1 Å². The number of nitriles is 2. The first-order valence-electron chi connectivity index (χ1n) is 31.6. The average Bonchev–Trinajstić information content (AvgIpc) is 1.26. The number of carboxylic acid groups (broad SMARTS) is 1. The molecule has 0 spiro atoms. The van der Waals surface area contributed by atoms with Gasteiger partial charge in [0.05, 0.1) is 29.9 Å². The van der Waals surface area contributed by atoms with Crippen LogP contribution in [-0.4, -0.2) is 94.5 Å². The number of rotatable bonds is 12. The summed E-state index contributed by atoms with van der Waals surface area (Å²) in [5, 5.41) is 46.1. The summed E-state index contributed by atoms with van der Waals surface area (Å²) < 4.78 is 111. The Morgan fingerprint density at radius 3 is 1.88 bits per heavy atom. The minimum Gasteiger partial charge on any atom is -0.568 e. The van der Waals surface area contributed by atoms with E-state index in [1.807, 2.05) is 47.4 Å². The van der Waals surface area contributed by atoms with E-state index in [1.54, 1.807) is 25.2 Å².